The Morgan fingerprint density at radius 1 is 1.23 bits per heavy atom. The summed E-state index contributed by atoms with van der Waals surface area (Å²) in [6.07, 6.45) is 1.72. The van der Waals surface area contributed by atoms with Gasteiger partial charge in [-0.2, -0.15) is 5.10 Å². The van der Waals surface area contributed by atoms with Crippen LogP contribution in [-0.4, -0.2) is 41.5 Å². The molecule has 0 bridgehead atoms. The van der Waals surface area contributed by atoms with Crippen molar-refractivity contribution in [3.63, 3.8) is 0 Å². The lowest BCUT2D eigenvalue weighted by Crippen LogP contribution is -2.24. The molecular weight excluding hydrogens is 402 g/mol. The number of ketones is 1. The molecule has 1 aliphatic heterocycles. The van der Waals surface area contributed by atoms with Crippen LogP contribution in [0.25, 0.3) is 27.2 Å². The summed E-state index contributed by atoms with van der Waals surface area (Å²) in [6, 6.07) is 8.91. The van der Waals surface area contributed by atoms with Crippen LogP contribution in [0.4, 0.5) is 5.69 Å². The largest absolute Gasteiger partial charge is 0.508 e. The van der Waals surface area contributed by atoms with Gasteiger partial charge in [0, 0.05) is 40.9 Å². The van der Waals surface area contributed by atoms with Crippen LogP contribution < -0.4 is 10.5 Å². The Labute approximate surface area is 178 Å². The molecule has 0 atom stereocenters. The number of carbonyl (C=O) groups excluding carboxylic acids is 1. The fourth-order valence-electron chi connectivity index (χ4n) is 3.70. The molecule has 2 N–H and O–H groups in total. The average molecular weight is 420 g/mol. The summed E-state index contributed by atoms with van der Waals surface area (Å²) in [5, 5.41) is 4.86. The van der Waals surface area contributed by atoms with E-state index in [0.29, 0.717) is 33.3 Å². The van der Waals surface area contributed by atoms with Crippen molar-refractivity contribution >= 4 is 28.8 Å². The van der Waals surface area contributed by atoms with Gasteiger partial charge < -0.3 is 10.5 Å². The minimum Gasteiger partial charge on any atom is -0.508 e. The van der Waals surface area contributed by atoms with Gasteiger partial charge >= 0.3 is 0 Å². The van der Waals surface area contributed by atoms with E-state index in [1.54, 1.807) is 36.1 Å². The minimum atomic E-state index is -0.0324. The zero-order valence-corrected chi connectivity index (χ0v) is 17.2. The smallest absolute Gasteiger partial charge is 0.237 e. The van der Waals surface area contributed by atoms with Crippen LogP contribution in [-0.2, 0) is 7.05 Å². The average Bonchev–Trinajstić information content (AvgIpc) is 3.14. The van der Waals surface area contributed by atoms with E-state index in [1.165, 1.54) is 7.11 Å². The topological polar surface area (TPSA) is 86.9 Å². The molecule has 0 saturated heterocycles. The second-order valence-corrected chi connectivity index (χ2v) is 7.23. The molecule has 0 amide bonds. The molecule has 30 heavy (non-hydrogen) atoms. The Kier molecular flexibility index (Phi) is 5.12. The molecule has 3 aromatic rings. The number of halogens is 1. The van der Waals surface area contributed by atoms with E-state index in [2.05, 4.69) is 14.9 Å². The fourth-order valence-corrected chi connectivity index (χ4v) is 3.91. The molecule has 0 saturated carbocycles. The Morgan fingerprint density at radius 3 is 2.73 bits per heavy atom. The molecule has 150 valence electrons. The van der Waals surface area contributed by atoms with Crippen molar-refractivity contribution in [2.45, 2.75) is 0 Å². The van der Waals surface area contributed by atoms with Gasteiger partial charge in [-0.15, -0.1) is 0 Å². The number of fused-ring (bicyclic) bond motifs is 1. The summed E-state index contributed by atoms with van der Waals surface area (Å²) in [7, 11) is 3.30. The normalized spacial score (nSPS) is 12.9. The molecule has 0 unspecified atom stereocenters. The number of carbonyl (C=O) groups is 1. The number of nitrogens with zero attached hydrogens (tertiary/aromatic N) is 4. The Morgan fingerprint density at radius 2 is 2.03 bits per heavy atom. The Balaban J connectivity index is 1.95. The molecule has 0 fully saturated rings. The van der Waals surface area contributed by atoms with Crippen molar-refractivity contribution in [1.82, 2.24) is 9.78 Å². The van der Waals surface area contributed by atoms with E-state index < -0.39 is 0 Å². The monoisotopic (exact) mass is 419 g/mol. The van der Waals surface area contributed by atoms with Crippen LogP contribution in [0.5, 0.6) is 5.75 Å². The number of aliphatic imine (C=N–C) groups is 1. The van der Waals surface area contributed by atoms with Crippen molar-refractivity contribution in [2.24, 2.45) is 17.8 Å². The van der Waals surface area contributed by atoms with Crippen LogP contribution in [0, 0.1) is 6.57 Å². The van der Waals surface area contributed by atoms with E-state index in [9.17, 15) is 4.79 Å². The summed E-state index contributed by atoms with van der Waals surface area (Å²) in [5.41, 5.74) is 11.2. The first kappa shape index (κ1) is 19.8. The van der Waals surface area contributed by atoms with E-state index in [-0.39, 0.29) is 18.9 Å². The molecule has 2 aromatic carbocycles. The predicted octanol–water partition coefficient (Wildman–Crippen LogP) is 3.91. The summed E-state index contributed by atoms with van der Waals surface area (Å²) in [6.45, 7) is 8.02. The maximum Gasteiger partial charge on any atom is 0.237 e. The third-order valence-corrected chi connectivity index (χ3v) is 5.33. The molecule has 1 aromatic heterocycles. The second-order valence-electron chi connectivity index (χ2n) is 6.80. The fraction of sp³-hybridized carbons (Fsp3) is 0.182. The van der Waals surface area contributed by atoms with Crippen molar-refractivity contribution in [2.75, 3.05) is 20.2 Å². The van der Waals surface area contributed by atoms with E-state index >= 15 is 0 Å². The Hall–Kier alpha value is -3.47. The van der Waals surface area contributed by atoms with Gasteiger partial charge in [-0.25, -0.2) is 4.85 Å². The van der Waals surface area contributed by atoms with E-state index in [0.717, 1.165) is 22.4 Å². The highest BCUT2D eigenvalue weighted by Gasteiger charge is 2.23. The maximum atomic E-state index is 12.3. The van der Waals surface area contributed by atoms with Crippen LogP contribution >= 0.6 is 11.6 Å². The molecule has 7 nitrogen and oxygen atoms in total. The SMILES string of the molecule is [C-]#[N+]c1c(OC)cc(Cl)cc1-c1c(-c2ccc3c(c2)C(CN)=NCC3=O)cnn1C. The predicted molar refractivity (Wildman–Crippen MR) is 117 cm³/mol. The van der Waals surface area contributed by atoms with Gasteiger partial charge in [0.2, 0.25) is 5.69 Å². The van der Waals surface area contributed by atoms with Crippen LogP contribution in [0.2, 0.25) is 5.02 Å². The van der Waals surface area contributed by atoms with Gasteiger partial charge in [-0.3, -0.25) is 14.5 Å². The lowest BCUT2D eigenvalue weighted by molar-refractivity contribution is 0.1000. The first-order valence-electron chi connectivity index (χ1n) is 9.17. The number of hydrogen-bond acceptors (Lipinski definition) is 5. The van der Waals surface area contributed by atoms with Crippen LogP contribution in [0.3, 0.4) is 0 Å². The van der Waals surface area contributed by atoms with Gasteiger partial charge in [-0.05, 0) is 23.8 Å². The number of ether oxygens (including phenoxy) is 1. The lowest BCUT2D eigenvalue weighted by atomic mass is 9.91. The van der Waals surface area contributed by atoms with Gasteiger partial charge in [0.15, 0.2) is 5.78 Å². The van der Waals surface area contributed by atoms with Crippen molar-refractivity contribution in [3.8, 4) is 28.1 Å². The van der Waals surface area contributed by atoms with Crippen molar-refractivity contribution in [3.05, 3.63) is 64.1 Å². The number of benzene rings is 2. The third-order valence-electron chi connectivity index (χ3n) is 5.11. The van der Waals surface area contributed by atoms with Gasteiger partial charge in [-0.1, -0.05) is 23.7 Å². The highest BCUT2D eigenvalue weighted by molar-refractivity contribution is 6.31. The number of hydrogen-bond donors (Lipinski definition) is 1. The van der Waals surface area contributed by atoms with E-state index in [4.69, 9.17) is 28.6 Å². The molecule has 8 heteroatoms. The minimum absolute atomic E-state index is 0.0324. The second kappa shape index (κ2) is 7.75. The summed E-state index contributed by atoms with van der Waals surface area (Å²) < 4.78 is 7.05. The highest BCUT2D eigenvalue weighted by Crippen LogP contribution is 2.44. The number of methoxy groups -OCH3 is 1. The molecule has 2 heterocycles. The zero-order valence-electron chi connectivity index (χ0n) is 16.4. The first-order chi connectivity index (χ1) is 14.5. The molecule has 0 spiro atoms. The summed E-state index contributed by atoms with van der Waals surface area (Å²) >= 11 is 6.29. The summed E-state index contributed by atoms with van der Waals surface area (Å²) in [4.78, 5) is 20.2. The lowest BCUT2D eigenvalue weighted by Gasteiger charge is -2.17. The first-order valence-corrected chi connectivity index (χ1v) is 9.55. The molecule has 1 aliphatic rings. The van der Waals surface area contributed by atoms with Crippen LogP contribution in [0.15, 0.2) is 41.5 Å². The zero-order chi connectivity index (χ0) is 21.4. The Bertz CT molecular complexity index is 1250. The maximum absolute atomic E-state index is 12.3. The van der Waals surface area contributed by atoms with Gasteiger partial charge in [0.05, 0.1) is 31.3 Å². The molecule has 0 radical (unpaired) electrons. The van der Waals surface area contributed by atoms with E-state index in [1.807, 2.05) is 12.1 Å². The number of aromatic nitrogens is 2. The number of aryl methyl sites for hydroxylation is 1. The third kappa shape index (κ3) is 3.16. The standard InChI is InChI=1S/C22H18ClN5O2/c1-25-21-16(7-13(23)8-20(21)30-3)22-17(10-27-28(22)2)12-4-5-14-15(6-12)18(9-24)26-11-19(14)29/h4-8,10H,9,11,24H2,2-3H3. The quantitative estimate of drug-likeness (QED) is 0.649. The van der Waals surface area contributed by atoms with Gasteiger partial charge in [0.25, 0.3) is 0 Å². The van der Waals surface area contributed by atoms with Gasteiger partial charge in [0.1, 0.15) is 12.3 Å². The summed E-state index contributed by atoms with van der Waals surface area (Å²) in [5.74, 6) is 0.364. The number of rotatable bonds is 4. The molecule has 0 aliphatic carbocycles. The molecule has 4 rings (SSSR count). The highest BCUT2D eigenvalue weighted by atomic mass is 35.5. The number of nitrogens with two attached hydrogens (primary N) is 1. The van der Waals surface area contributed by atoms with Crippen molar-refractivity contribution < 1.29 is 9.53 Å². The number of Topliss-reactive ketones (excluding diaryl/α,β-unsaturated/α-hetero) is 1. The van der Waals surface area contributed by atoms with Crippen LogP contribution in [0.1, 0.15) is 15.9 Å². The molecular formula is C22H18ClN5O2. The van der Waals surface area contributed by atoms with Crippen molar-refractivity contribution in [1.29, 1.82) is 0 Å².